The maximum absolute atomic E-state index is 13.3. The maximum atomic E-state index is 13.3. The van der Waals surface area contributed by atoms with Crippen molar-refractivity contribution in [2.24, 2.45) is 0 Å². The Kier molecular flexibility index (Phi) is 15.1. The van der Waals surface area contributed by atoms with Crippen molar-refractivity contribution in [1.82, 2.24) is 29.7 Å². The SMILES string of the molecule is CC(=O)OCC1CN(C(=O)OC(C)(C)C)CCN1CC(=O)N(C)CCCN(C)c1ccc(-c2ccnc(Nc3cccc(COS(C)(C)C(C)(C)C)c3)n2)cn1. The van der Waals surface area contributed by atoms with E-state index >= 15 is 0 Å². The third-order valence-corrected chi connectivity index (χ3v) is 13.4. The van der Waals surface area contributed by atoms with E-state index in [-0.39, 0.29) is 29.8 Å². The van der Waals surface area contributed by atoms with Crippen LogP contribution in [0.3, 0.4) is 0 Å². The number of amides is 2. The molecule has 14 nitrogen and oxygen atoms in total. The first-order chi connectivity index (χ1) is 26.2. The summed E-state index contributed by atoms with van der Waals surface area (Å²) in [4.78, 5) is 58.8. The molecule has 308 valence electrons. The average Bonchev–Trinajstić information content (AvgIpc) is 3.12. The van der Waals surface area contributed by atoms with Gasteiger partial charge in [-0.3, -0.25) is 14.5 Å². The molecule has 0 spiro atoms. The first kappa shape index (κ1) is 44.2. The highest BCUT2D eigenvalue weighted by molar-refractivity contribution is 8.29. The molecule has 1 aliphatic heterocycles. The minimum atomic E-state index is -1.23. The Morgan fingerprint density at radius 3 is 2.39 bits per heavy atom. The Morgan fingerprint density at radius 2 is 1.73 bits per heavy atom. The van der Waals surface area contributed by atoms with Gasteiger partial charge in [0.25, 0.3) is 0 Å². The molecule has 2 amide bonds. The number of ether oxygens (including phenoxy) is 2. The van der Waals surface area contributed by atoms with Gasteiger partial charge in [-0.2, -0.15) is 0 Å². The van der Waals surface area contributed by atoms with E-state index in [1.807, 2.05) is 63.1 Å². The lowest BCUT2D eigenvalue weighted by atomic mass is 10.1. The van der Waals surface area contributed by atoms with Crippen LogP contribution >= 0.6 is 10.3 Å². The smallest absolute Gasteiger partial charge is 0.410 e. The molecule has 0 radical (unpaired) electrons. The van der Waals surface area contributed by atoms with Crippen LogP contribution in [-0.2, 0) is 29.9 Å². The Balaban J connectivity index is 1.26. The number of piperazine rings is 1. The highest BCUT2D eigenvalue weighted by Gasteiger charge is 2.34. The first-order valence-corrected chi connectivity index (χ1v) is 21.4. The van der Waals surface area contributed by atoms with Crippen molar-refractivity contribution in [2.75, 3.05) is 82.7 Å². The minimum Gasteiger partial charge on any atom is -0.464 e. The van der Waals surface area contributed by atoms with Gasteiger partial charge in [0.15, 0.2) is 0 Å². The van der Waals surface area contributed by atoms with Crippen molar-refractivity contribution < 1.29 is 28.0 Å². The molecular formula is C41H62N8O6S. The average molecular weight is 795 g/mol. The molecule has 1 aromatic carbocycles. The third kappa shape index (κ3) is 13.3. The van der Waals surface area contributed by atoms with Crippen LogP contribution in [0.25, 0.3) is 11.3 Å². The third-order valence-electron chi connectivity index (χ3n) is 9.75. The van der Waals surface area contributed by atoms with Gasteiger partial charge in [0.05, 0.1) is 24.9 Å². The highest BCUT2D eigenvalue weighted by atomic mass is 32.3. The van der Waals surface area contributed by atoms with Gasteiger partial charge in [-0.15, -0.1) is 10.3 Å². The topological polar surface area (TPSA) is 143 Å². The van der Waals surface area contributed by atoms with Crippen LogP contribution < -0.4 is 10.2 Å². The molecule has 0 bridgehead atoms. The van der Waals surface area contributed by atoms with Gasteiger partial charge in [0, 0.05) is 82.1 Å². The van der Waals surface area contributed by atoms with E-state index in [9.17, 15) is 14.4 Å². The number of hydrogen-bond donors (Lipinski definition) is 1. The van der Waals surface area contributed by atoms with Gasteiger partial charge in [-0.25, -0.2) is 19.7 Å². The molecule has 2 aromatic heterocycles. The Hall–Kier alpha value is -4.47. The van der Waals surface area contributed by atoms with Crippen molar-refractivity contribution in [3.63, 3.8) is 0 Å². The summed E-state index contributed by atoms with van der Waals surface area (Å²) in [5, 5.41) is 3.33. The van der Waals surface area contributed by atoms with E-state index in [4.69, 9.17) is 23.6 Å². The van der Waals surface area contributed by atoms with Crippen molar-refractivity contribution >= 4 is 45.7 Å². The summed E-state index contributed by atoms with van der Waals surface area (Å²) in [6, 6.07) is 13.6. The molecule has 1 saturated heterocycles. The molecule has 3 heterocycles. The molecule has 1 atom stereocenters. The zero-order chi connectivity index (χ0) is 41.3. The highest BCUT2D eigenvalue weighted by Crippen LogP contribution is 2.54. The van der Waals surface area contributed by atoms with E-state index in [0.717, 1.165) is 34.7 Å². The number of anilines is 3. The predicted octanol–water partition coefficient (Wildman–Crippen LogP) is 6.35. The lowest BCUT2D eigenvalue weighted by Crippen LogP contribution is -2.58. The second kappa shape index (κ2) is 19.1. The van der Waals surface area contributed by atoms with E-state index in [1.54, 1.807) is 29.2 Å². The normalized spacial score (nSPS) is 15.6. The number of carbonyl (C=O) groups excluding carboxylic acids is 3. The summed E-state index contributed by atoms with van der Waals surface area (Å²) in [5.41, 5.74) is 2.96. The molecule has 0 saturated carbocycles. The van der Waals surface area contributed by atoms with E-state index in [1.165, 1.54) is 6.92 Å². The molecule has 56 heavy (non-hydrogen) atoms. The number of pyridine rings is 1. The van der Waals surface area contributed by atoms with Gasteiger partial charge in [0.2, 0.25) is 11.9 Å². The van der Waals surface area contributed by atoms with Crippen LogP contribution in [-0.4, -0.2) is 136 Å². The number of nitrogens with one attached hydrogen (secondary N) is 1. The van der Waals surface area contributed by atoms with Crippen LogP contribution in [0.2, 0.25) is 0 Å². The summed E-state index contributed by atoms with van der Waals surface area (Å²) in [6.07, 6.45) is 8.25. The largest absolute Gasteiger partial charge is 0.464 e. The van der Waals surface area contributed by atoms with Gasteiger partial charge >= 0.3 is 12.1 Å². The van der Waals surface area contributed by atoms with Gasteiger partial charge in [-0.05, 0) is 75.6 Å². The molecule has 0 aliphatic carbocycles. The van der Waals surface area contributed by atoms with Gasteiger partial charge in [0.1, 0.15) is 18.0 Å². The molecule has 4 rings (SSSR count). The molecule has 15 heteroatoms. The second-order valence-corrected chi connectivity index (χ2v) is 20.5. The van der Waals surface area contributed by atoms with Crippen LogP contribution in [0.1, 0.15) is 60.5 Å². The molecular weight excluding hydrogens is 733 g/mol. The predicted molar refractivity (Wildman–Crippen MR) is 224 cm³/mol. The number of esters is 1. The number of benzene rings is 1. The Bertz CT molecular complexity index is 1780. The van der Waals surface area contributed by atoms with Crippen molar-refractivity contribution in [3.05, 3.63) is 60.4 Å². The number of likely N-dealkylation sites (N-methyl/N-ethyl adjacent to an activating group) is 1. The first-order valence-electron chi connectivity index (χ1n) is 19.0. The minimum absolute atomic E-state index is 0.0462. The zero-order valence-corrected chi connectivity index (χ0v) is 35.9. The summed E-state index contributed by atoms with van der Waals surface area (Å²) < 4.78 is 17.3. The Labute approximate surface area is 334 Å². The van der Waals surface area contributed by atoms with Crippen LogP contribution in [0.4, 0.5) is 22.2 Å². The maximum Gasteiger partial charge on any atom is 0.410 e. The standard InChI is InChI=1S/C41H62N8O6S/c1-30(50)53-29-34-26-49(39(52)55-40(2,3)4)23-22-48(34)27-37(51)47(9)21-13-20-46(8)36-17-16-32(25-43-36)35-18-19-42-38(45-35)44-33-15-12-14-31(24-33)28-54-56(10,11)41(5,6)7/h12,14-19,24-25,34H,13,20-23,26-29H2,1-11H3,(H,42,44,45). The fourth-order valence-electron chi connectivity index (χ4n) is 5.65. The zero-order valence-electron chi connectivity index (χ0n) is 35.1. The molecule has 1 N–H and O–H groups in total. The fraction of sp³-hybridized carbons (Fsp3) is 0.561. The van der Waals surface area contributed by atoms with Crippen molar-refractivity contribution in [1.29, 1.82) is 0 Å². The molecule has 3 aromatic rings. The van der Waals surface area contributed by atoms with Crippen molar-refractivity contribution in [2.45, 2.75) is 77.9 Å². The Morgan fingerprint density at radius 1 is 0.982 bits per heavy atom. The van der Waals surface area contributed by atoms with Crippen LogP contribution in [0.15, 0.2) is 54.9 Å². The fourth-order valence-corrected chi connectivity index (χ4v) is 6.43. The van der Waals surface area contributed by atoms with Crippen LogP contribution in [0.5, 0.6) is 0 Å². The second-order valence-electron chi connectivity index (χ2n) is 16.5. The summed E-state index contributed by atoms with van der Waals surface area (Å²) in [6.45, 7) is 16.6. The van der Waals surface area contributed by atoms with Gasteiger partial charge in [-0.1, -0.05) is 32.9 Å². The molecule has 1 fully saturated rings. The monoisotopic (exact) mass is 794 g/mol. The quantitative estimate of drug-likeness (QED) is 0.172. The molecule has 1 unspecified atom stereocenters. The number of rotatable bonds is 15. The van der Waals surface area contributed by atoms with E-state index in [2.05, 4.69) is 60.6 Å². The van der Waals surface area contributed by atoms with E-state index in [0.29, 0.717) is 45.3 Å². The number of aromatic nitrogens is 3. The number of hydrogen-bond acceptors (Lipinski definition) is 12. The molecule has 1 aliphatic rings. The summed E-state index contributed by atoms with van der Waals surface area (Å²) >= 11 is 0. The van der Waals surface area contributed by atoms with Crippen molar-refractivity contribution in [3.8, 4) is 11.3 Å². The van der Waals surface area contributed by atoms with Gasteiger partial charge < -0.3 is 33.7 Å². The number of carbonyl (C=O) groups is 3. The summed E-state index contributed by atoms with van der Waals surface area (Å²) in [7, 11) is 2.54. The van der Waals surface area contributed by atoms with E-state index < -0.39 is 28.0 Å². The lowest BCUT2D eigenvalue weighted by molar-refractivity contribution is -0.144. The summed E-state index contributed by atoms with van der Waals surface area (Å²) in [5.74, 6) is 0.841. The van der Waals surface area contributed by atoms with Crippen LogP contribution in [0, 0.1) is 0 Å². The number of nitrogens with zero attached hydrogens (tertiary/aromatic N) is 7. The lowest BCUT2D eigenvalue weighted by Gasteiger charge is -2.43.